The molecule has 28 heavy (non-hydrogen) atoms. The molecule has 3 rings (SSSR count). The predicted octanol–water partition coefficient (Wildman–Crippen LogP) is 3.94. The van der Waals surface area contributed by atoms with Crippen molar-refractivity contribution in [3.05, 3.63) is 70.5 Å². The Morgan fingerprint density at radius 2 is 1.79 bits per heavy atom. The fourth-order valence-electron chi connectivity index (χ4n) is 2.59. The summed E-state index contributed by atoms with van der Waals surface area (Å²) in [5.41, 5.74) is 3.72. The van der Waals surface area contributed by atoms with Crippen LogP contribution in [0.3, 0.4) is 0 Å². The van der Waals surface area contributed by atoms with Crippen molar-refractivity contribution in [1.29, 1.82) is 0 Å². The van der Waals surface area contributed by atoms with E-state index in [1.54, 1.807) is 18.3 Å². The molecule has 2 aromatic carbocycles. The van der Waals surface area contributed by atoms with E-state index in [1.165, 1.54) is 0 Å². The number of anilines is 1. The third-order valence-corrected chi connectivity index (χ3v) is 4.88. The van der Waals surface area contributed by atoms with Crippen LogP contribution in [0.2, 0.25) is 0 Å². The highest BCUT2D eigenvalue weighted by Gasteiger charge is 2.15. The molecule has 0 aliphatic rings. The van der Waals surface area contributed by atoms with Crippen LogP contribution in [-0.2, 0) is 11.3 Å². The van der Waals surface area contributed by atoms with Gasteiger partial charge >= 0.3 is 6.03 Å². The molecule has 0 saturated heterocycles. The second-order valence-corrected chi connectivity index (χ2v) is 7.41. The van der Waals surface area contributed by atoms with Gasteiger partial charge in [0.05, 0.1) is 10.7 Å². The predicted molar refractivity (Wildman–Crippen MR) is 112 cm³/mol. The lowest BCUT2D eigenvalue weighted by atomic mass is 10.1. The number of rotatable bonds is 6. The average molecular weight is 395 g/mol. The van der Waals surface area contributed by atoms with E-state index in [-0.39, 0.29) is 0 Å². The Hall–Kier alpha value is -3.19. The molecule has 0 saturated carbocycles. The Morgan fingerprint density at radius 3 is 2.43 bits per heavy atom. The van der Waals surface area contributed by atoms with E-state index in [0.29, 0.717) is 6.54 Å². The summed E-state index contributed by atoms with van der Waals surface area (Å²) in [6.45, 7) is 4.04. The van der Waals surface area contributed by atoms with Gasteiger partial charge < -0.3 is 10.6 Å². The van der Waals surface area contributed by atoms with Crippen molar-refractivity contribution in [2.24, 2.45) is 0 Å². The lowest BCUT2D eigenvalue weighted by Gasteiger charge is -2.15. The van der Waals surface area contributed by atoms with Crippen LogP contribution in [0.4, 0.5) is 10.5 Å². The summed E-state index contributed by atoms with van der Waals surface area (Å²) in [5, 5.41) is 11.2. The highest BCUT2D eigenvalue weighted by atomic mass is 32.1. The maximum Gasteiger partial charge on any atom is 0.321 e. The summed E-state index contributed by atoms with van der Waals surface area (Å²) in [5.74, 6) is -0.398. The molecule has 0 aliphatic carbocycles. The molecular weight excluding hydrogens is 372 g/mol. The molecule has 6 nitrogen and oxygen atoms in total. The van der Waals surface area contributed by atoms with Crippen molar-refractivity contribution in [2.75, 3.05) is 5.32 Å². The number of aromatic nitrogens is 1. The van der Waals surface area contributed by atoms with Crippen LogP contribution in [0.25, 0.3) is 11.3 Å². The number of thiazole rings is 1. The van der Waals surface area contributed by atoms with Gasteiger partial charge in [-0.05, 0) is 31.5 Å². The number of hydrogen-bond donors (Lipinski definition) is 3. The SMILES string of the molecule is Cc1nc(-c2ccc(NC(C)C(=O)NC(=O)NCc3ccccc3)cc2)cs1. The molecule has 3 N–H and O–H groups in total. The summed E-state index contributed by atoms with van der Waals surface area (Å²) in [7, 11) is 0. The van der Waals surface area contributed by atoms with Gasteiger partial charge in [0.1, 0.15) is 6.04 Å². The van der Waals surface area contributed by atoms with Gasteiger partial charge in [-0.3, -0.25) is 10.1 Å². The van der Waals surface area contributed by atoms with Crippen LogP contribution >= 0.6 is 11.3 Å². The number of imide groups is 1. The molecule has 1 heterocycles. The topological polar surface area (TPSA) is 83.1 Å². The standard InChI is InChI=1S/C21H22N4O2S/c1-14(20(26)25-21(27)22-12-16-6-4-3-5-7-16)23-18-10-8-17(9-11-18)19-13-28-15(2)24-19/h3-11,13-14,23H,12H2,1-2H3,(H2,22,25,26,27). The number of carbonyl (C=O) groups excluding carboxylic acids is 2. The highest BCUT2D eigenvalue weighted by molar-refractivity contribution is 7.09. The van der Waals surface area contributed by atoms with Crippen molar-refractivity contribution in [3.8, 4) is 11.3 Å². The number of urea groups is 1. The molecule has 7 heteroatoms. The van der Waals surface area contributed by atoms with E-state index in [0.717, 1.165) is 27.5 Å². The summed E-state index contributed by atoms with van der Waals surface area (Å²) in [6.07, 6.45) is 0. The van der Waals surface area contributed by atoms with Crippen molar-refractivity contribution in [1.82, 2.24) is 15.6 Å². The monoisotopic (exact) mass is 394 g/mol. The van der Waals surface area contributed by atoms with Crippen LogP contribution in [-0.4, -0.2) is 23.0 Å². The Bertz CT molecular complexity index is 939. The van der Waals surface area contributed by atoms with Gasteiger partial charge in [-0.1, -0.05) is 42.5 Å². The zero-order valence-corrected chi connectivity index (χ0v) is 16.5. The van der Waals surface area contributed by atoms with Crippen molar-refractivity contribution >= 4 is 29.0 Å². The quantitative estimate of drug-likeness (QED) is 0.591. The normalized spacial score (nSPS) is 11.5. The maximum atomic E-state index is 12.2. The number of nitrogens with one attached hydrogen (secondary N) is 3. The van der Waals surface area contributed by atoms with Crippen molar-refractivity contribution < 1.29 is 9.59 Å². The average Bonchev–Trinajstić information content (AvgIpc) is 3.14. The molecule has 0 spiro atoms. The summed E-state index contributed by atoms with van der Waals surface area (Å²) in [6, 6.07) is 16.1. The van der Waals surface area contributed by atoms with Crippen LogP contribution < -0.4 is 16.0 Å². The van der Waals surface area contributed by atoms with Crippen molar-refractivity contribution in [3.63, 3.8) is 0 Å². The molecule has 0 bridgehead atoms. The first kappa shape index (κ1) is 19.6. The van der Waals surface area contributed by atoms with Gasteiger partial charge in [-0.25, -0.2) is 9.78 Å². The first-order valence-corrected chi connectivity index (χ1v) is 9.81. The minimum Gasteiger partial charge on any atom is -0.374 e. The van der Waals surface area contributed by atoms with E-state index in [2.05, 4.69) is 20.9 Å². The second-order valence-electron chi connectivity index (χ2n) is 6.35. The molecule has 0 aliphatic heterocycles. The first-order valence-electron chi connectivity index (χ1n) is 8.93. The van der Waals surface area contributed by atoms with Crippen LogP contribution in [0.5, 0.6) is 0 Å². The van der Waals surface area contributed by atoms with Crippen LogP contribution in [0.1, 0.15) is 17.5 Å². The van der Waals surface area contributed by atoms with Gasteiger partial charge in [0.25, 0.3) is 0 Å². The van der Waals surface area contributed by atoms with Gasteiger partial charge in [0.2, 0.25) is 5.91 Å². The zero-order chi connectivity index (χ0) is 19.9. The molecule has 1 unspecified atom stereocenters. The second kappa shape index (κ2) is 9.14. The summed E-state index contributed by atoms with van der Waals surface area (Å²) >= 11 is 1.61. The lowest BCUT2D eigenvalue weighted by molar-refractivity contribution is -0.120. The number of benzene rings is 2. The molecule has 1 aromatic heterocycles. The number of hydrogen-bond acceptors (Lipinski definition) is 5. The van der Waals surface area contributed by atoms with E-state index in [1.807, 2.05) is 66.9 Å². The fraction of sp³-hybridized carbons (Fsp3) is 0.190. The van der Waals surface area contributed by atoms with E-state index in [9.17, 15) is 9.59 Å². The van der Waals surface area contributed by atoms with E-state index in [4.69, 9.17) is 0 Å². The number of aryl methyl sites for hydroxylation is 1. The molecule has 144 valence electrons. The molecule has 0 fully saturated rings. The van der Waals surface area contributed by atoms with Crippen LogP contribution in [0.15, 0.2) is 60.0 Å². The number of carbonyl (C=O) groups is 2. The fourth-order valence-corrected chi connectivity index (χ4v) is 3.21. The maximum absolute atomic E-state index is 12.2. The van der Waals surface area contributed by atoms with E-state index >= 15 is 0 Å². The minimum atomic E-state index is -0.560. The number of nitrogens with zero attached hydrogens (tertiary/aromatic N) is 1. The molecular formula is C21H22N4O2S. The van der Waals surface area contributed by atoms with Gasteiger partial charge in [-0.15, -0.1) is 11.3 Å². The van der Waals surface area contributed by atoms with Gasteiger partial charge in [0.15, 0.2) is 0 Å². The van der Waals surface area contributed by atoms with Gasteiger partial charge in [-0.2, -0.15) is 0 Å². The first-order chi connectivity index (χ1) is 13.5. The molecule has 3 amide bonds. The summed E-state index contributed by atoms with van der Waals surface area (Å²) in [4.78, 5) is 28.6. The molecule has 3 aromatic rings. The lowest BCUT2D eigenvalue weighted by Crippen LogP contribution is -2.45. The van der Waals surface area contributed by atoms with Crippen LogP contribution in [0, 0.1) is 6.92 Å². The Morgan fingerprint density at radius 1 is 1.07 bits per heavy atom. The van der Waals surface area contributed by atoms with Gasteiger partial charge in [0, 0.05) is 23.2 Å². The Kier molecular flexibility index (Phi) is 6.39. The zero-order valence-electron chi connectivity index (χ0n) is 15.7. The summed E-state index contributed by atoms with van der Waals surface area (Å²) < 4.78 is 0. The largest absolute Gasteiger partial charge is 0.374 e. The Labute approximate surface area is 168 Å². The third kappa shape index (κ3) is 5.40. The molecule has 0 radical (unpaired) electrons. The van der Waals surface area contributed by atoms with E-state index < -0.39 is 18.0 Å². The third-order valence-electron chi connectivity index (χ3n) is 4.11. The smallest absolute Gasteiger partial charge is 0.321 e. The molecule has 1 atom stereocenters. The van der Waals surface area contributed by atoms with Crippen molar-refractivity contribution in [2.45, 2.75) is 26.4 Å². The Balaban J connectivity index is 1.48. The highest BCUT2D eigenvalue weighted by Crippen LogP contribution is 2.23. The minimum absolute atomic E-state index is 0.360. The number of amides is 3.